The molecule has 3 aromatic rings. The number of likely N-dealkylation sites (tertiary alicyclic amines) is 1. The minimum absolute atomic E-state index is 0.0263. The Labute approximate surface area is 235 Å². The highest BCUT2D eigenvalue weighted by molar-refractivity contribution is 7.10. The number of benzene rings is 1. The van der Waals surface area contributed by atoms with E-state index in [-0.39, 0.29) is 12.5 Å². The molecule has 4 heterocycles. The molecule has 14 heteroatoms. The lowest BCUT2D eigenvalue weighted by Gasteiger charge is -2.31. The molecule has 1 atom stereocenters. The van der Waals surface area contributed by atoms with Crippen LogP contribution in [0, 0.1) is 18.2 Å². The van der Waals surface area contributed by atoms with Crippen LogP contribution in [0.1, 0.15) is 71.8 Å². The molecular weight excluding hydrogens is 569 g/mol. The number of aromatic nitrogens is 3. The third-order valence-electron chi connectivity index (χ3n) is 6.88. The molecule has 8 nitrogen and oxygen atoms in total. The third kappa shape index (κ3) is 6.35. The maximum atomic E-state index is 13.9. The predicted molar refractivity (Wildman–Crippen MR) is 139 cm³/mol. The molecule has 0 saturated carbocycles. The summed E-state index contributed by atoms with van der Waals surface area (Å²) in [4.78, 5) is 24.6. The maximum absolute atomic E-state index is 13.9. The van der Waals surface area contributed by atoms with Crippen molar-refractivity contribution >= 4 is 23.0 Å². The Morgan fingerprint density at radius 3 is 2.68 bits per heavy atom. The summed E-state index contributed by atoms with van der Waals surface area (Å²) in [5, 5.41) is 10.4. The van der Waals surface area contributed by atoms with Crippen molar-refractivity contribution in [3.8, 4) is 18.1 Å². The zero-order valence-electron chi connectivity index (χ0n) is 21.5. The molecule has 2 aliphatic heterocycles. The van der Waals surface area contributed by atoms with Crippen molar-refractivity contribution in [3.63, 3.8) is 0 Å². The van der Waals surface area contributed by atoms with Gasteiger partial charge in [0.15, 0.2) is 6.10 Å². The van der Waals surface area contributed by atoms with E-state index in [4.69, 9.17) is 21.0 Å². The Kier molecular flexibility index (Phi) is 8.53. The lowest BCUT2D eigenvalue weighted by atomic mass is 9.97. The second kappa shape index (κ2) is 12.3. The number of piperidine rings is 1. The summed E-state index contributed by atoms with van der Waals surface area (Å²) >= 11 is 1.45. The first-order valence-corrected chi connectivity index (χ1v) is 13.6. The molecule has 1 aromatic carbocycles. The monoisotopic (exact) mass is 593 g/mol. The Hall–Kier alpha value is -3.99. The summed E-state index contributed by atoms with van der Waals surface area (Å²) in [7, 11) is 0. The zero-order valence-corrected chi connectivity index (χ0v) is 22.3. The van der Waals surface area contributed by atoms with Crippen LogP contribution in [0.3, 0.4) is 0 Å². The molecule has 216 valence electrons. The van der Waals surface area contributed by atoms with E-state index >= 15 is 0 Å². The van der Waals surface area contributed by atoms with Gasteiger partial charge in [0.25, 0.3) is 12.9 Å². The lowest BCUT2D eigenvalue weighted by Crippen LogP contribution is -2.40. The minimum Gasteiger partial charge on any atom is -0.481 e. The normalized spacial score (nSPS) is 17.6. The van der Waals surface area contributed by atoms with Crippen LogP contribution in [0.5, 0.6) is 5.75 Å². The van der Waals surface area contributed by atoms with Crippen molar-refractivity contribution in [1.29, 1.82) is 0 Å². The zero-order chi connectivity index (χ0) is 29.1. The smallest absolute Gasteiger partial charge is 0.282 e. The molecule has 2 aliphatic rings. The SMILES string of the molecule is C#CCOc1ccc(F)cc1C1CC(c2csc(C3CCN(C(=O)Cn4nc(C(F)F)cc4C(F)F)CC3)n2)=NO1. The van der Waals surface area contributed by atoms with Crippen LogP contribution in [0.2, 0.25) is 0 Å². The quantitative estimate of drug-likeness (QED) is 0.237. The molecule has 1 saturated heterocycles. The molecule has 5 rings (SSSR count). The molecule has 1 fully saturated rings. The molecule has 0 N–H and O–H groups in total. The van der Waals surface area contributed by atoms with Crippen molar-refractivity contribution in [2.75, 3.05) is 19.7 Å². The number of carbonyl (C=O) groups is 1. The molecule has 2 aromatic heterocycles. The van der Waals surface area contributed by atoms with Gasteiger partial charge in [-0.2, -0.15) is 5.10 Å². The number of rotatable bonds is 9. The fraction of sp³-hybridized carbons (Fsp3) is 0.407. The number of amides is 1. The second-order valence-electron chi connectivity index (χ2n) is 9.49. The van der Waals surface area contributed by atoms with Gasteiger partial charge in [-0.05, 0) is 37.1 Å². The lowest BCUT2D eigenvalue weighted by molar-refractivity contribution is -0.133. The number of terminal acetylenes is 1. The number of carbonyl (C=O) groups excluding carboxylic acids is 1. The Balaban J connectivity index is 1.17. The van der Waals surface area contributed by atoms with E-state index in [0.29, 0.717) is 65.8 Å². The van der Waals surface area contributed by atoms with Crippen molar-refractivity contribution in [1.82, 2.24) is 19.7 Å². The van der Waals surface area contributed by atoms with Crippen LogP contribution in [0.15, 0.2) is 34.8 Å². The first-order valence-electron chi connectivity index (χ1n) is 12.7. The highest BCUT2D eigenvalue weighted by Gasteiger charge is 2.31. The van der Waals surface area contributed by atoms with Gasteiger partial charge in [-0.1, -0.05) is 11.1 Å². The first kappa shape index (κ1) is 28.5. The summed E-state index contributed by atoms with van der Waals surface area (Å²) in [6, 6.07) is 4.73. The van der Waals surface area contributed by atoms with E-state index in [9.17, 15) is 26.7 Å². The number of nitrogens with zero attached hydrogens (tertiary/aromatic N) is 5. The Morgan fingerprint density at radius 1 is 1.20 bits per heavy atom. The molecule has 0 aliphatic carbocycles. The number of ether oxygens (including phenoxy) is 1. The average molecular weight is 594 g/mol. The van der Waals surface area contributed by atoms with E-state index in [2.05, 4.69) is 16.2 Å². The minimum atomic E-state index is -3.03. The number of thiazole rings is 1. The molecule has 0 bridgehead atoms. The van der Waals surface area contributed by atoms with Crippen LogP contribution in [0.25, 0.3) is 0 Å². The van der Waals surface area contributed by atoms with E-state index in [1.807, 2.05) is 5.38 Å². The van der Waals surface area contributed by atoms with E-state index in [0.717, 1.165) is 5.01 Å². The van der Waals surface area contributed by atoms with Gasteiger partial charge in [0.05, 0.1) is 10.7 Å². The topological polar surface area (TPSA) is 81.8 Å². The average Bonchev–Trinajstić information content (AvgIpc) is 3.72. The van der Waals surface area contributed by atoms with Gasteiger partial charge >= 0.3 is 0 Å². The van der Waals surface area contributed by atoms with Crippen LogP contribution in [-0.4, -0.2) is 51.0 Å². The van der Waals surface area contributed by atoms with Crippen molar-refractivity contribution in [2.24, 2.45) is 5.16 Å². The number of halogens is 5. The number of alkyl halides is 4. The third-order valence-corrected chi connectivity index (χ3v) is 7.88. The van der Waals surface area contributed by atoms with Gasteiger partial charge in [-0.3, -0.25) is 9.48 Å². The number of hydrogen-bond donors (Lipinski definition) is 0. The molecule has 0 spiro atoms. The largest absolute Gasteiger partial charge is 0.481 e. The van der Waals surface area contributed by atoms with Crippen molar-refractivity contribution in [3.05, 3.63) is 63.1 Å². The Bertz CT molecular complexity index is 1480. The summed E-state index contributed by atoms with van der Waals surface area (Å²) in [6.45, 7) is 0.202. The van der Waals surface area contributed by atoms with Gasteiger partial charge in [0, 0.05) is 36.4 Å². The fourth-order valence-corrected chi connectivity index (χ4v) is 5.79. The van der Waals surface area contributed by atoms with Gasteiger partial charge in [0.2, 0.25) is 5.91 Å². The second-order valence-corrected chi connectivity index (χ2v) is 10.4. The van der Waals surface area contributed by atoms with Crippen LogP contribution in [-0.2, 0) is 16.2 Å². The fourth-order valence-electron chi connectivity index (χ4n) is 4.79. The highest BCUT2D eigenvalue weighted by Crippen LogP contribution is 2.37. The van der Waals surface area contributed by atoms with Gasteiger partial charge in [-0.25, -0.2) is 26.9 Å². The van der Waals surface area contributed by atoms with Crippen molar-refractivity contribution < 1.29 is 36.3 Å². The highest BCUT2D eigenvalue weighted by atomic mass is 32.1. The van der Waals surface area contributed by atoms with Crippen LogP contribution in [0.4, 0.5) is 22.0 Å². The molecule has 1 amide bonds. The van der Waals surface area contributed by atoms with Gasteiger partial charge < -0.3 is 14.5 Å². The predicted octanol–water partition coefficient (Wildman–Crippen LogP) is 5.64. The van der Waals surface area contributed by atoms with E-state index in [1.54, 1.807) is 0 Å². The number of oxime groups is 1. The standard InChI is InChI=1S/C27H24F5N5O3S/c1-2-9-39-22-4-3-16(28)10-17(22)23-12-18(35-40-23)20-14-41-27(33-20)15-5-7-36(8-6-15)24(38)13-37-21(26(31)32)11-19(34-37)25(29)30/h1,3-4,10-11,14-15,23,25-26H,5-9,12-13H2. The summed E-state index contributed by atoms with van der Waals surface area (Å²) < 4.78 is 72.5. The molecular formula is C27H24F5N5O3S. The molecule has 41 heavy (non-hydrogen) atoms. The van der Waals surface area contributed by atoms with Gasteiger partial charge in [-0.15, -0.1) is 17.8 Å². The summed E-state index contributed by atoms with van der Waals surface area (Å²) in [5.41, 5.74) is 0.237. The number of hydrogen-bond acceptors (Lipinski definition) is 7. The van der Waals surface area contributed by atoms with Crippen LogP contribution >= 0.6 is 11.3 Å². The maximum Gasteiger partial charge on any atom is 0.282 e. The van der Waals surface area contributed by atoms with E-state index in [1.165, 1.54) is 34.4 Å². The summed E-state index contributed by atoms with van der Waals surface area (Å²) in [6.07, 6.45) is 0.195. The molecule has 0 radical (unpaired) electrons. The first-order chi connectivity index (χ1) is 19.7. The Morgan fingerprint density at radius 2 is 1.98 bits per heavy atom. The van der Waals surface area contributed by atoms with Gasteiger partial charge in [0.1, 0.15) is 41.8 Å². The van der Waals surface area contributed by atoms with Crippen LogP contribution < -0.4 is 4.74 Å². The van der Waals surface area contributed by atoms with Crippen molar-refractivity contribution in [2.45, 2.75) is 50.7 Å². The van der Waals surface area contributed by atoms with E-state index < -0.39 is 48.6 Å². The molecule has 1 unspecified atom stereocenters. The summed E-state index contributed by atoms with van der Waals surface area (Å²) in [5.74, 6) is 1.94.